The molecule has 2 aliphatic heterocycles. The monoisotopic (exact) mass is 387 g/mol. The summed E-state index contributed by atoms with van der Waals surface area (Å²) in [6.45, 7) is 6.64. The Kier molecular flexibility index (Phi) is 7.31. The van der Waals surface area contributed by atoms with Crippen LogP contribution in [0.15, 0.2) is 24.3 Å². The number of nitrogens with one attached hydrogen (secondary N) is 1. The van der Waals surface area contributed by atoms with Gasteiger partial charge in [0.2, 0.25) is 11.8 Å². The van der Waals surface area contributed by atoms with Gasteiger partial charge < -0.3 is 19.9 Å². The molecule has 0 aromatic heterocycles. The van der Waals surface area contributed by atoms with Gasteiger partial charge in [0.1, 0.15) is 5.75 Å². The Balaban J connectivity index is 1.69. The molecule has 2 aliphatic rings. The van der Waals surface area contributed by atoms with Crippen molar-refractivity contribution in [3.63, 3.8) is 0 Å². The van der Waals surface area contributed by atoms with E-state index in [1.165, 1.54) is 25.9 Å². The Morgan fingerprint density at radius 3 is 2.71 bits per heavy atom. The molecule has 1 aromatic carbocycles. The zero-order valence-electron chi connectivity index (χ0n) is 17.2. The summed E-state index contributed by atoms with van der Waals surface area (Å²) in [5, 5.41) is 3.13. The minimum atomic E-state index is -0.277. The van der Waals surface area contributed by atoms with E-state index in [9.17, 15) is 9.59 Å². The van der Waals surface area contributed by atoms with Crippen molar-refractivity contribution in [2.45, 2.75) is 45.1 Å². The molecular weight excluding hydrogens is 354 g/mol. The van der Waals surface area contributed by atoms with Crippen LogP contribution in [0.2, 0.25) is 0 Å². The molecule has 0 bridgehead atoms. The van der Waals surface area contributed by atoms with Gasteiger partial charge in [0.15, 0.2) is 0 Å². The van der Waals surface area contributed by atoms with Gasteiger partial charge in [0.05, 0.1) is 19.1 Å². The predicted molar refractivity (Wildman–Crippen MR) is 109 cm³/mol. The van der Waals surface area contributed by atoms with E-state index < -0.39 is 0 Å². The van der Waals surface area contributed by atoms with Crippen LogP contribution in [0.3, 0.4) is 0 Å². The second-order valence-electron chi connectivity index (χ2n) is 7.71. The first kappa shape index (κ1) is 20.6. The summed E-state index contributed by atoms with van der Waals surface area (Å²) in [6.07, 6.45) is 4.54. The van der Waals surface area contributed by atoms with Crippen molar-refractivity contribution in [3.05, 3.63) is 29.8 Å². The summed E-state index contributed by atoms with van der Waals surface area (Å²) < 4.78 is 5.54. The number of hydrogen-bond donors (Lipinski definition) is 1. The quantitative estimate of drug-likeness (QED) is 0.697. The number of carbonyl (C=O) groups excluding carboxylic acids is 2. The summed E-state index contributed by atoms with van der Waals surface area (Å²) in [4.78, 5) is 29.9. The fraction of sp³-hybridized carbons (Fsp3) is 0.636. The molecule has 0 radical (unpaired) electrons. The number of ether oxygens (including phenoxy) is 1. The van der Waals surface area contributed by atoms with Crippen LogP contribution >= 0.6 is 0 Å². The molecule has 2 atom stereocenters. The maximum absolute atomic E-state index is 13.0. The highest BCUT2D eigenvalue weighted by molar-refractivity contribution is 5.85. The van der Waals surface area contributed by atoms with E-state index in [1.54, 1.807) is 7.11 Å². The number of methoxy groups -OCH3 is 1. The van der Waals surface area contributed by atoms with Gasteiger partial charge >= 0.3 is 0 Å². The number of benzene rings is 1. The number of carbonyl (C=O) groups is 2. The minimum absolute atomic E-state index is 0.0447. The van der Waals surface area contributed by atoms with E-state index in [0.717, 1.165) is 24.3 Å². The maximum Gasteiger partial charge on any atom is 0.225 e. The lowest BCUT2D eigenvalue weighted by molar-refractivity contribution is -0.143. The molecule has 6 nitrogen and oxygen atoms in total. The van der Waals surface area contributed by atoms with Crippen LogP contribution in [0.4, 0.5) is 0 Å². The lowest BCUT2D eigenvalue weighted by Gasteiger charge is -2.40. The first-order chi connectivity index (χ1) is 13.7. The molecule has 154 valence electrons. The number of piperidine rings is 1. The molecule has 2 heterocycles. The SMILES string of the molecule is CCN1C(=O)CC[C@@H](C(=O)NCCCN2CCCC2)[C@@H]1c1ccccc1OC. The summed E-state index contributed by atoms with van der Waals surface area (Å²) in [5.41, 5.74) is 0.914. The van der Waals surface area contributed by atoms with Crippen LogP contribution in [0.5, 0.6) is 5.75 Å². The summed E-state index contributed by atoms with van der Waals surface area (Å²) in [7, 11) is 1.63. The van der Waals surface area contributed by atoms with Crippen LogP contribution in [-0.2, 0) is 9.59 Å². The Morgan fingerprint density at radius 1 is 1.25 bits per heavy atom. The van der Waals surface area contributed by atoms with Crippen LogP contribution in [0, 0.1) is 5.92 Å². The second kappa shape index (κ2) is 9.92. The highest BCUT2D eigenvalue weighted by atomic mass is 16.5. The summed E-state index contributed by atoms with van der Waals surface area (Å²) >= 11 is 0. The fourth-order valence-corrected chi connectivity index (χ4v) is 4.55. The lowest BCUT2D eigenvalue weighted by atomic mass is 9.83. The highest BCUT2D eigenvalue weighted by Crippen LogP contribution is 2.40. The molecule has 1 aromatic rings. The van der Waals surface area contributed by atoms with Crippen molar-refractivity contribution < 1.29 is 14.3 Å². The molecule has 2 amide bonds. The van der Waals surface area contributed by atoms with Crippen molar-refractivity contribution >= 4 is 11.8 Å². The largest absolute Gasteiger partial charge is 0.496 e. The number of rotatable bonds is 8. The van der Waals surface area contributed by atoms with E-state index in [2.05, 4.69) is 10.2 Å². The number of para-hydroxylation sites is 1. The van der Waals surface area contributed by atoms with Gasteiger partial charge in [-0.25, -0.2) is 0 Å². The molecule has 2 saturated heterocycles. The van der Waals surface area contributed by atoms with Crippen molar-refractivity contribution in [2.24, 2.45) is 5.92 Å². The maximum atomic E-state index is 13.0. The molecule has 3 rings (SSSR count). The Labute approximate surface area is 168 Å². The van der Waals surface area contributed by atoms with Crippen molar-refractivity contribution in [1.82, 2.24) is 15.1 Å². The third-order valence-electron chi connectivity index (χ3n) is 5.99. The molecular formula is C22H33N3O3. The molecule has 28 heavy (non-hydrogen) atoms. The average Bonchev–Trinajstić information content (AvgIpc) is 3.24. The number of amides is 2. The van der Waals surface area contributed by atoms with Crippen molar-refractivity contribution in [1.29, 1.82) is 0 Å². The van der Waals surface area contributed by atoms with Crippen molar-refractivity contribution in [3.8, 4) is 5.75 Å². The molecule has 0 unspecified atom stereocenters. The fourth-order valence-electron chi connectivity index (χ4n) is 4.55. The van der Waals surface area contributed by atoms with E-state index in [-0.39, 0.29) is 23.8 Å². The lowest BCUT2D eigenvalue weighted by Crippen LogP contribution is -2.48. The third kappa shape index (κ3) is 4.66. The van der Waals surface area contributed by atoms with Gasteiger partial charge in [-0.2, -0.15) is 0 Å². The molecule has 0 saturated carbocycles. The average molecular weight is 388 g/mol. The Bertz CT molecular complexity index is 673. The molecule has 1 N–H and O–H groups in total. The van der Waals surface area contributed by atoms with E-state index in [0.29, 0.717) is 25.9 Å². The zero-order valence-corrected chi connectivity index (χ0v) is 17.2. The van der Waals surface area contributed by atoms with Gasteiger partial charge in [0, 0.05) is 25.1 Å². The molecule has 2 fully saturated rings. The zero-order chi connectivity index (χ0) is 19.9. The van der Waals surface area contributed by atoms with Crippen LogP contribution in [0.25, 0.3) is 0 Å². The molecule has 6 heteroatoms. The van der Waals surface area contributed by atoms with E-state index in [4.69, 9.17) is 4.74 Å². The van der Waals surface area contributed by atoms with Gasteiger partial charge in [0.25, 0.3) is 0 Å². The van der Waals surface area contributed by atoms with Crippen LogP contribution in [0.1, 0.15) is 50.6 Å². The normalized spacial score (nSPS) is 23.1. The molecule has 0 aliphatic carbocycles. The first-order valence-corrected chi connectivity index (χ1v) is 10.6. The topological polar surface area (TPSA) is 61.9 Å². The van der Waals surface area contributed by atoms with Gasteiger partial charge in [-0.3, -0.25) is 9.59 Å². The predicted octanol–water partition coefficient (Wildman–Crippen LogP) is 2.60. The highest BCUT2D eigenvalue weighted by Gasteiger charge is 2.41. The van der Waals surface area contributed by atoms with Gasteiger partial charge in [-0.1, -0.05) is 18.2 Å². The molecule has 0 spiro atoms. The number of hydrogen-bond acceptors (Lipinski definition) is 4. The van der Waals surface area contributed by atoms with Gasteiger partial charge in [-0.15, -0.1) is 0 Å². The van der Waals surface area contributed by atoms with E-state index >= 15 is 0 Å². The second-order valence-corrected chi connectivity index (χ2v) is 7.71. The van der Waals surface area contributed by atoms with E-state index in [1.807, 2.05) is 36.1 Å². The van der Waals surface area contributed by atoms with Crippen LogP contribution < -0.4 is 10.1 Å². The Hall–Kier alpha value is -2.08. The van der Waals surface area contributed by atoms with Crippen molar-refractivity contribution in [2.75, 3.05) is 39.8 Å². The standard InChI is InChI=1S/C22H33N3O3/c1-3-25-20(26)12-11-18(21(25)17-9-4-5-10-19(17)28-2)22(27)23-13-8-16-24-14-6-7-15-24/h4-5,9-10,18,21H,3,6-8,11-16H2,1-2H3,(H,23,27)/t18-,21+/m1/s1. The first-order valence-electron chi connectivity index (χ1n) is 10.6. The number of nitrogens with zero attached hydrogens (tertiary/aromatic N) is 2. The van der Waals surface area contributed by atoms with Crippen LogP contribution in [-0.4, -0.2) is 61.4 Å². The minimum Gasteiger partial charge on any atom is -0.496 e. The Morgan fingerprint density at radius 2 is 2.00 bits per heavy atom. The number of likely N-dealkylation sites (tertiary alicyclic amines) is 2. The van der Waals surface area contributed by atoms with Gasteiger partial charge in [-0.05, 0) is 58.3 Å². The summed E-state index contributed by atoms with van der Waals surface area (Å²) in [5.74, 6) is 0.632. The third-order valence-corrected chi connectivity index (χ3v) is 5.99. The smallest absolute Gasteiger partial charge is 0.225 e. The summed E-state index contributed by atoms with van der Waals surface area (Å²) in [6, 6.07) is 7.44.